The van der Waals surface area contributed by atoms with Crippen molar-refractivity contribution in [2.75, 3.05) is 6.54 Å². The van der Waals surface area contributed by atoms with E-state index in [0.717, 1.165) is 17.7 Å². The molecule has 120 valence electrons. The van der Waals surface area contributed by atoms with E-state index in [4.69, 9.17) is 4.74 Å². The molecule has 1 aromatic rings. The molecule has 1 heterocycles. The number of carbonyl (C=O) groups excluding carboxylic acids is 4. The summed E-state index contributed by atoms with van der Waals surface area (Å²) in [6.45, 7) is -0.0356. The number of Topliss-reactive ketones (excluding diaryl/α,β-unsaturated/α-hetero) is 1. The van der Waals surface area contributed by atoms with Gasteiger partial charge < -0.3 is 4.74 Å². The first-order valence-corrected chi connectivity index (χ1v) is 7.75. The lowest BCUT2D eigenvalue weighted by atomic mass is 9.96. The first-order chi connectivity index (χ1) is 11.1. The molecule has 2 aliphatic rings. The van der Waals surface area contributed by atoms with E-state index in [1.54, 1.807) is 24.3 Å². The number of amides is 2. The Bertz CT molecular complexity index is 646. The zero-order chi connectivity index (χ0) is 16.4. The molecule has 6 nitrogen and oxygen atoms in total. The van der Waals surface area contributed by atoms with Crippen molar-refractivity contribution in [1.82, 2.24) is 4.90 Å². The van der Waals surface area contributed by atoms with Crippen LogP contribution in [0.25, 0.3) is 0 Å². The number of benzene rings is 1. The number of hydrogen-bond acceptors (Lipinski definition) is 5. The van der Waals surface area contributed by atoms with Gasteiger partial charge in [-0.05, 0) is 31.4 Å². The molecule has 0 saturated heterocycles. The molecular formula is C17H17NO5. The van der Waals surface area contributed by atoms with Crippen molar-refractivity contribution in [3.05, 3.63) is 35.4 Å². The predicted molar refractivity (Wildman–Crippen MR) is 79.8 cm³/mol. The van der Waals surface area contributed by atoms with Crippen LogP contribution in [-0.2, 0) is 14.3 Å². The smallest absolute Gasteiger partial charge is 0.308 e. The summed E-state index contributed by atoms with van der Waals surface area (Å²) in [5, 5.41) is 0. The van der Waals surface area contributed by atoms with Crippen molar-refractivity contribution >= 4 is 23.6 Å². The maximum Gasteiger partial charge on any atom is 0.308 e. The van der Waals surface area contributed by atoms with E-state index in [2.05, 4.69) is 0 Å². The number of ketones is 1. The summed E-state index contributed by atoms with van der Waals surface area (Å²) in [4.78, 5) is 48.9. The zero-order valence-electron chi connectivity index (χ0n) is 12.6. The summed E-state index contributed by atoms with van der Waals surface area (Å²) in [5.74, 6) is -1.40. The van der Waals surface area contributed by atoms with Gasteiger partial charge in [0.2, 0.25) is 0 Å². The average molecular weight is 315 g/mol. The highest BCUT2D eigenvalue weighted by Gasteiger charge is 2.35. The van der Waals surface area contributed by atoms with Crippen molar-refractivity contribution < 1.29 is 23.9 Å². The third-order valence-electron chi connectivity index (χ3n) is 4.19. The minimum Gasteiger partial charge on any atom is -0.454 e. The lowest BCUT2D eigenvalue weighted by molar-refractivity contribution is -0.156. The molecular weight excluding hydrogens is 298 g/mol. The lowest BCUT2D eigenvalue weighted by Crippen LogP contribution is -2.34. The molecule has 1 aliphatic carbocycles. The highest BCUT2D eigenvalue weighted by Crippen LogP contribution is 2.23. The van der Waals surface area contributed by atoms with E-state index in [9.17, 15) is 19.2 Å². The summed E-state index contributed by atoms with van der Waals surface area (Å²) in [5.41, 5.74) is 0.710. The Balaban J connectivity index is 1.57. The van der Waals surface area contributed by atoms with Crippen LogP contribution >= 0.6 is 0 Å². The number of ether oxygens (including phenoxy) is 1. The second-order valence-corrected chi connectivity index (χ2v) is 5.75. The maximum atomic E-state index is 12.2. The molecule has 1 unspecified atom stereocenters. The van der Waals surface area contributed by atoms with Crippen LogP contribution in [0, 0.1) is 0 Å². The third kappa shape index (κ3) is 3.02. The van der Waals surface area contributed by atoms with Crippen molar-refractivity contribution in [3.63, 3.8) is 0 Å². The van der Waals surface area contributed by atoms with Gasteiger partial charge in [0.25, 0.3) is 11.8 Å². The molecule has 1 fully saturated rings. The van der Waals surface area contributed by atoms with Gasteiger partial charge in [0.05, 0.1) is 17.5 Å². The van der Waals surface area contributed by atoms with Crippen molar-refractivity contribution in [3.8, 4) is 0 Å². The summed E-state index contributed by atoms with van der Waals surface area (Å²) >= 11 is 0. The normalized spacial score (nSPS) is 20.6. The summed E-state index contributed by atoms with van der Waals surface area (Å²) in [6, 6.07) is 6.57. The quantitative estimate of drug-likeness (QED) is 0.624. The lowest BCUT2D eigenvalue weighted by Gasteiger charge is -2.21. The van der Waals surface area contributed by atoms with Crippen LogP contribution in [0.2, 0.25) is 0 Å². The number of rotatable bonds is 4. The van der Waals surface area contributed by atoms with Gasteiger partial charge in [-0.3, -0.25) is 24.1 Å². The minimum absolute atomic E-state index is 0.0356. The zero-order valence-corrected chi connectivity index (χ0v) is 12.6. The number of hydrogen-bond donors (Lipinski definition) is 0. The summed E-state index contributed by atoms with van der Waals surface area (Å²) in [6.07, 6.45) is 1.92. The first-order valence-electron chi connectivity index (χ1n) is 7.75. The Morgan fingerprint density at radius 1 is 1.09 bits per heavy atom. The van der Waals surface area contributed by atoms with Gasteiger partial charge in [0.1, 0.15) is 0 Å². The first kappa shape index (κ1) is 15.4. The summed E-state index contributed by atoms with van der Waals surface area (Å²) in [7, 11) is 0. The van der Waals surface area contributed by atoms with E-state index < -0.39 is 23.9 Å². The molecule has 6 heteroatoms. The highest BCUT2D eigenvalue weighted by molar-refractivity contribution is 6.21. The topological polar surface area (TPSA) is 80.8 Å². The van der Waals surface area contributed by atoms with Gasteiger partial charge >= 0.3 is 5.97 Å². The molecule has 23 heavy (non-hydrogen) atoms. The predicted octanol–water partition coefficient (Wildman–Crippen LogP) is 1.73. The number of esters is 1. The average Bonchev–Trinajstić information content (AvgIpc) is 2.80. The third-order valence-corrected chi connectivity index (χ3v) is 4.19. The minimum atomic E-state index is -0.668. The molecule has 3 rings (SSSR count). The van der Waals surface area contributed by atoms with E-state index in [1.807, 2.05) is 0 Å². The second-order valence-electron chi connectivity index (χ2n) is 5.75. The fraction of sp³-hybridized carbons (Fsp3) is 0.412. The van der Waals surface area contributed by atoms with Crippen LogP contribution in [0.4, 0.5) is 0 Å². The van der Waals surface area contributed by atoms with Crippen LogP contribution in [0.1, 0.15) is 52.8 Å². The Morgan fingerprint density at radius 3 is 2.35 bits per heavy atom. The molecule has 1 saturated carbocycles. The highest BCUT2D eigenvalue weighted by atomic mass is 16.5. The van der Waals surface area contributed by atoms with Crippen molar-refractivity contribution in [2.45, 2.75) is 38.2 Å². The molecule has 0 radical (unpaired) electrons. The van der Waals surface area contributed by atoms with E-state index >= 15 is 0 Å². The van der Waals surface area contributed by atoms with Gasteiger partial charge in [-0.25, -0.2) is 0 Å². The molecule has 1 aromatic carbocycles. The summed E-state index contributed by atoms with van der Waals surface area (Å²) < 4.78 is 5.17. The molecule has 0 N–H and O–H groups in total. The maximum absolute atomic E-state index is 12.2. The Labute approximate surface area is 133 Å². The molecule has 1 atom stereocenters. The van der Waals surface area contributed by atoms with E-state index in [0.29, 0.717) is 24.0 Å². The number of carbonyl (C=O) groups is 4. The van der Waals surface area contributed by atoms with Crippen LogP contribution in [0.15, 0.2) is 24.3 Å². The van der Waals surface area contributed by atoms with Gasteiger partial charge in [0.15, 0.2) is 11.9 Å². The van der Waals surface area contributed by atoms with Gasteiger partial charge in [-0.15, -0.1) is 0 Å². The largest absolute Gasteiger partial charge is 0.454 e. The molecule has 1 aliphatic heterocycles. The number of nitrogens with zero attached hydrogens (tertiary/aromatic N) is 1. The molecule has 0 aromatic heterocycles. The van der Waals surface area contributed by atoms with Crippen LogP contribution in [0.3, 0.4) is 0 Å². The van der Waals surface area contributed by atoms with Gasteiger partial charge in [-0.1, -0.05) is 12.1 Å². The van der Waals surface area contributed by atoms with Gasteiger partial charge in [-0.2, -0.15) is 0 Å². The van der Waals surface area contributed by atoms with E-state index in [1.165, 1.54) is 0 Å². The van der Waals surface area contributed by atoms with Crippen molar-refractivity contribution in [2.24, 2.45) is 0 Å². The standard InChI is InChI=1S/C17H17NO5/c19-13-7-3-4-8-14(13)23-15(20)9-10-18-16(21)11-5-1-2-6-12(11)17(18)22/h1-2,5-6,14H,3-4,7-10H2. The van der Waals surface area contributed by atoms with Gasteiger partial charge in [0, 0.05) is 13.0 Å². The Hall–Kier alpha value is -2.50. The number of fused-ring (bicyclic) bond motifs is 1. The van der Waals surface area contributed by atoms with Crippen molar-refractivity contribution in [1.29, 1.82) is 0 Å². The second kappa shape index (κ2) is 6.32. The van der Waals surface area contributed by atoms with E-state index in [-0.39, 0.29) is 18.7 Å². The molecule has 0 spiro atoms. The molecule has 2 amide bonds. The van der Waals surface area contributed by atoms with Crippen LogP contribution in [-0.4, -0.2) is 41.1 Å². The fourth-order valence-corrected chi connectivity index (χ4v) is 2.94. The fourth-order valence-electron chi connectivity index (χ4n) is 2.94. The monoisotopic (exact) mass is 315 g/mol. The Kier molecular flexibility index (Phi) is 4.23. The van der Waals surface area contributed by atoms with Crippen LogP contribution < -0.4 is 0 Å². The molecule has 0 bridgehead atoms. The van der Waals surface area contributed by atoms with Crippen LogP contribution in [0.5, 0.6) is 0 Å². The Morgan fingerprint density at radius 2 is 1.74 bits per heavy atom. The number of imide groups is 1. The SMILES string of the molecule is O=C(CCN1C(=O)c2ccccc2C1=O)OC1CCCCC1=O.